The molecule has 0 aromatic heterocycles. The quantitative estimate of drug-likeness (QED) is 0.845. The molecule has 0 aliphatic rings. The molecule has 0 bridgehead atoms. The van der Waals surface area contributed by atoms with Gasteiger partial charge in [0.25, 0.3) is 5.91 Å². The molecule has 2 amide bonds. The normalized spacial score (nSPS) is 11.6. The van der Waals surface area contributed by atoms with Crippen molar-refractivity contribution in [1.29, 1.82) is 0 Å². The van der Waals surface area contributed by atoms with Crippen LogP contribution in [0.3, 0.4) is 0 Å². The summed E-state index contributed by atoms with van der Waals surface area (Å²) in [5.41, 5.74) is 0.822. The van der Waals surface area contributed by atoms with Gasteiger partial charge in [-0.1, -0.05) is 19.1 Å². The van der Waals surface area contributed by atoms with Crippen molar-refractivity contribution in [2.45, 2.75) is 13.8 Å². The number of para-hydroxylation sites is 1. The molecular weight excluding hydrogens is 260 g/mol. The van der Waals surface area contributed by atoms with Crippen molar-refractivity contribution < 1.29 is 19.5 Å². The lowest BCUT2D eigenvalue weighted by atomic mass is 10.1. The number of carboxylic acid groups (broad SMARTS) is 1. The number of hydrogen-bond acceptors (Lipinski definition) is 3. The lowest BCUT2D eigenvalue weighted by Gasteiger charge is -2.19. The van der Waals surface area contributed by atoms with Crippen molar-refractivity contribution in [2.75, 3.05) is 18.5 Å². The number of hydrogen-bond donors (Lipinski definition) is 2. The summed E-state index contributed by atoms with van der Waals surface area (Å²) in [6.07, 6.45) is 0. The number of anilines is 1. The molecule has 1 unspecified atom stereocenters. The Hall–Kier alpha value is -2.37. The van der Waals surface area contributed by atoms with Gasteiger partial charge in [-0.2, -0.15) is 0 Å². The first kappa shape index (κ1) is 15.7. The number of carboxylic acids is 1. The van der Waals surface area contributed by atoms with E-state index in [1.165, 1.54) is 18.7 Å². The highest BCUT2D eigenvalue weighted by atomic mass is 16.4. The SMILES string of the molecule is CC(=O)N(C)c1ccccc1C(=O)NCC(C)C(=O)O. The second-order valence-electron chi connectivity index (χ2n) is 4.54. The Bertz CT molecular complexity index is 528. The molecule has 0 aliphatic carbocycles. The molecule has 0 saturated heterocycles. The minimum absolute atomic E-state index is 0.0340. The fourth-order valence-electron chi connectivity index (χ4n) is 1.56. The number of rotatable bonds is 5. The Morgan fingerprint density at radius 2 is 1.90 bits per heavy atom. The largest absolute Gasteiger partial charge is 0.481 e. The topological polar surface area (TPSA) is 86.7 Å². The van der Waals surface area contributed by atoms with Crippen molar-refractivity contribution in [3.05, 3.63) is 29.8 Å². The van der Waals surface area contributed by atoms with Gasteiger partial charge in [0.1, 0.15) is 0 Å². The zero-order valence-corrected chi connectivity index (χ0v) is 11.7. The van der Waals surface area contributed by atoms with Crippen molar-refractivity contribution in [3.8, 4) is 0 Å². The lowest BCUT2D eigenvalue weighted by molar-refractivity contribution is -0.140. The first-order valence-corrected chi connectivity index (χ1v) is 6.19. The summed E-state index contributed by atoms with van der Waals surface area (Å²) >= 11 is 0. The van der Waals surface area contributed by atoms with E-state index in [1.807, 2.05) is 0 Å². The second kappa shape index (κ2) is 6.70. The molecule has 0 saturated carbocycles. The molecule has 0 fully saturated rings. The van der Waals surface area contributed by atoms with Crippen molar-refractivity contribution in [2.24, 2.45) is 5.92 Å². The van der Waals surface area contributed by atoms with Crippen molar-refractivity contribution in [1.82, 2.24) is 5.32 Å². The first-order valence-electron chi connectivity index (χ1n) is 6.19. The van der Waals surface area contributed by atoms with Gasteiger partial charge in [0.2, 0.25) is 5.91 Å². The van der Waals surface area contributed by atoms with E-state index in [2.05, 4.69) is 5.32 Å². The van der Waals surface area contributed by atoms with Crippen molar-refractivity contribution >= 4 is 23.5 Å². The number of nitrogens with one attached hydrogen (secondary N) is 1. The molecule has 0 radical (unpaired) electrons. The Labute approximate surface area is 117 Å². The van der Waals surface area contributed by atoms with Crippen LogP contribution in [0, 0.1) is 5.92 Å². The van der Waals surface area contributed by atoms with Crippen LogP contribution < -0.4 is 10.2 Å². The molecule has 108 valence electrons. The van der Waals surface area contributed by atoms with Crippen molar-refractivity contribution in [3.63, 3.8) is 0 Å². The standard InChI is InChI=1S/C14H18N2O4/c1-9(14(19)20)8-15-13(18)11-6-4-5-7-12(11)16(3)10(2)17/h4-7,9H,8H2,1-3H3,(H,15,18)(H,19,20). The summed E-state index contributed by atoms with van der Waals surface area (Å²) in [6.45, 7) is 2.95. The van der Waals surface area contributed by atoms with Crippen LogP contribution in [0.5, 0.6) is 0 Å². The summed E-state index contributed by atoms with van der Waals surface area (Å²) < 4.78 is 0. The summed E-state index contributed by atoms with van der Waals surface area (Å²) in [6, 6.07) is 6.67. The van der Waals surface area contributed by atoms with Crippen LogP contribution in [0.4, 0.5) is 5.69 Å². The fourth-order valence-corrected chi connectivity index (χ4v) is 1.56. The maximum absolute atomic E-state index is 12.1. The molecule has 6 heteroatoms. The average Bonchev–Trinajstić information content (AvgIpc) is 2.43. The smallest absolute Gasteiger partial charge is 0.308 e. The van der Waals surface area contributed by atoms with Gasteiger partial charge in [-0.15, -0.1) is 0 Å². The summed E-state index contributed by atoms with van der Waals surface area (Å²) in [5.74, 6) is -2.23. The van der Waals surface area contributed by atoms with E-state index in [0.29, 0.717) is 11.3 Å². The van der Waals surface area contributed by atoms with Crippen LogP contribution in [0.15, 0.2) is 24.3 Å². The summed E-state index contributed by atoms with van der Waals surface area (Å²) in [5, 5.41) is 11.3. The van der Waals surface area contributed by atoms with E-state index in [0.717, 1.165) is 0 Å². The van der Waals surface area contributed by atoms with E-state index in [4.69, 9.17) is 5.11 Å². The Morgan fingerprint density at radius 1 is 1.30 bits per heavy atom. The first-order chi connectivity index (χ1) is 9.34. The Morgan fingerprint density at radius 3 is 2.45 bits per heavy atom. The van der Waals surface area contributed by atoms with Crippen LogP contribution in [-0.4, -0.2) is 36.5 Å². The minimum atomic E-state index is -0.973. The van der Waals surface area contributed by atoms with Crippen LogP contribution in [-0.2, 0) is 9.59 Å². The average molecular weight is 278 g/mol. The zero-order valence-electron chi connectivity index (χ0n) is 11.7. The van der Waals surface area contributed by atoms with Crippen LogP contribution in [0.2, 0.25) is 0 Å². The van der Waals surface area contributed by atoms with E-state index < -0.39 is 17.8 Å². The highest BCUT2D eigenvalue weighted by molar-refractivity contribution is 6.04. The van der Waals surface area contributed by atoms with E-state index in [1.54, 1.807) is 31.3 Å². The fraction of sp³-hybridized carbons (Fsp3) is 0.357. The molecule has 2 N–H and O–H groups in total. The maximum atomic E-state index is 12.1. The molecule has 1 aromatic carbocycles. The third kappa shape index (κ3) is 3.81. The Kier molecular flexibility index (Phi) is 5.25. The van der Waals surface area contributed by atoms with Gasteiger partial charge in [0.05, 0.1) is 17.2 Å². The third-order valence-corrected chi connectivity index (χ3v) is 2.97. The van der Waals surface area contributed by atoms with Gasteiger partial charge >= 0.3 is 5.97 Å². The molecule has 1 atom stereocenters. The molecule has 1 rings (SSSR count). The van der Waals surface area contributed by atoms with Crippen LogP contribution >= 0.6 is 0 Å². The number of aliphatic carboxylic acids is 1. The van der Waals surface area contributed by atoms with Gasteiger partial charge in [-0.05, 0) is 12.1 Å². The highest BCUT2D eigenvalue weighted by Crippen LogP contribution is 2.19. The Balaban J connectivity index is 2.88. The zero-order chi connectivity index (χ0) is 15.3. The minimum Gasteiger partial charge on any atom is -0.481 e. The molecule has 20 heavy (non-hydrogen) atoms. The molecule has 6 nitrogen and oxygen atoms in total. The van der Waals surface area contributed by atoms with Gasteiger partial charge in [-0.25, -0.2) is 0 Å². The van der Waals surface area contributed by atoms with Crippen LogP contribution in [0.1, 0.15) is 24.2 Å². The van der Waals surface area contributed by atoms with Gasteiger partial charge in [0.15, 0.2) is 0 Å². The van der Waals surface area contributed by atoms with Gasteiger partial charge in [0, 0.05) is 20.5 Å². The molecular formula is C14H18N2O4. The second-order valence-corrected chi connectivity index (χ2v) is 4.54. The number of carbonyl (C=O) groups is 3. The maximum Gasteiger partial charge on any atom is 0.308 e. The van der Waals surface area contributed by atoms with E-state index in [-0.39, 0.29) is 12.5 Å². The number of benzene rings is 1. The van der Waals surface area contributed by atoms with Gasteiger partial charge < -0.3 is 15.3 Å². The molecule has 0 heterocycles. The van der Waals surface area contributed by atoms with E-state index in [9.17, 15) is 14.4 Å². The predicted molar refractivity (Wildman–Crippen MR) is 74.7 cm³/mol. The van der Waals surface area contributed by atoms with E-state index >= 15 is 0 Å². The monoisotopic (exact) mass is 278 g/mol. The number of carbonyl (C=O) groups excluding carboxylic acids is 2. The predicted octanol–water partition coefficient (Wildman–Crippen LogP) is 1.12. The highest BCUT2D eigenvalue weighted by Gasteiger charge is 2.18. The summed E-state index contributed by atoms with van der Waals surface area (Å²) in [7, 11) is 1.58. The summed E-state index contributed by atoms with van der Waals surface area (Å²) in [4.78, 5) is 35.5. The molecule has 0 spiro atoms. The lowest BCUT2D eigenvalue weighted by Crippen LogP contribution is -2.33. The molecule has 1 aromatic rings. The number of amides is 2. The van der Waals surface area contributed by atoms with Crippen LogP contribution in [0.25, 0.3) is 0 Å². The van der Waals surface area contributed by atoms with Gasteiger partial charge in [-0.3, -0.25) is 14.4 Å². The molecule has 0 aliphatic heterocycles. The number of nitrogens with zero attached hydrogens (tertiary/aromatic N) is 1. The third-order valence-electron chi connectivity index (χ3n) is 2.97.